The van der Waals surface area contributed by atoms with Crippen LogP contribution in [0.2, 0.25) is 0 Å². The minimum absolute atomic E-state index is 0.113. The first-order chi connectivity index (χ1) is 13.0. The van der Waals surface area contributed by atoms with Gasteiger partial charge in [-0.15, -0.1) is 11.6 Å². The molecular formula is C21H22Cl4O3. The first-order valence-electron chi connectivity index (χ1n) is 8.73. The van der Waals surface area contributed by atoms with Crippen molar-refractivity contribution in [2.45, 2.75) is 42.5 Å². The summed E-state index contributed by atoms with van der Waals surface area (Å²) in [4.78, 5) is 12.3. The molecule has 0 N–H and O–H groups in total. The highest BCUT2D eigenvalue weighted by Crippen LogP contribution is 2.41. The SMILES string of the molecule is CC(C)(CC(=O)OCc1cccc(Oc2ccccc2)c1)C(Cl)CC(Cl)(Cl)Cl. The van der Waals surface area contributed by atoms with Crippen LogP contribution in [0.4, 0.5) is 0 Å². The Bertz CT molecular complexity index is 773. The zero-order valence-electron chi connectivity index (χ0n) is 15.6. The molecule has 1 atom stereocenters. The maximum atomic E-state index is 12.3. The van der Waals surface area contributed by atoms with E-state index in [4.69, 9.17) is 55.9 Å². The maximum Gasteiger partial charge on any atom is 0.306 e. The second-order valence-electron chi connectivity index (χ2n) is 7.18. The van der Waals surface area contributed by atoms with E-state index < -0.39 is 14.6 Å². The van der Waals surface area contributed by atoms with Gasteiger partial charge in [0.25, 0.3) is 0 Å². The minimum Gasteiger partial charge on any atom is -0.461 e. The summed E-state index contributed by atoms with van der Waals surface area (Å²) >= 11 is 23.7. The second-order valence-corrected chi connectivity index (χ2v) is 10.2. The van der Waals surface area contributed by atoms with Crippen molar-refractivity contribution in [3.05, 3.63) is 60.2 Å². The Morgan fingerprint density at radius 3 is 2.29 bits per heavy atom. The van der Waals surface area contributed by atoms with E-state index >= 15 is 0 Å². The standard InChI is InChI=1S/C21H22Cl4O3/c1-20(2,18(22)12-21(23,24)25)13-19(26)27-14-15-7-6-10-17(11-15)28-16-8-4-3-5-9-16/h3-11,18H,12-14H2,1-2H3. The third-order valence-corrected chi connectivity index (χ3v) is 5.34. The van der Waals surface area contributed by atoms with Crippen LogP contribution in [0.25, 0.3) is 0 Å². The number of hydrogen-bond acceptors (Lipinski definition) is 3. The van der Waals surface area contributed by atoms with E-state index in [9.17, 15) is 4.79 Å². The number of alkyl halides is 4. The van der Waals surface area contributed by atoms with Crippen molar-refractivity contribution in [2.24, 2.45) is 5.41 Å². The normalized spacial score (nSPS) is 13.1. The van der Waals surface area contributed by atoms with Gasteiger partial charge in [-0.3, -0.25) is 4.79 Å². The van der Waals surface area contributed by atoms with E-state index in [2.05, 4.69) is 0 Å². The molecule has 3 nitrogen and oxygen atoms in total. The summed E-state index contributed by atoms with van der Waals surface area (Å²) in [6, 6.07) is 16.8. The van der Waals surface area contributed by atoms with E-state index in [1.807, 2.05) is 68.4 Å². The maximum absolute atomic E-state index is 12.3. The molecule has 0 aliphatic heterocycles. The van der Waals surface area contributed by atoms with Crippen molar-refractivity contribution in [3.8, 4) is 11.5 Å². The molecule has 0 aromatic heterocycles. The number of benzene rings is 2. The number of halogens is 4. The van der Waals surface area contributed by atoms with Gasteiger partial charge in [-0.05, 0) is 35.2 Å². The molecule has 2 rings (SSSR count). The lowest BCUT2D eigenvalue weighted by molar-refractivity contribution is -0.147. The molecule has 0 saturated carbocycles. The van der Waals surface area contributed by atoms with Gasteiger partial charge in [0.2, 0.25) is 0 Å². The van der Waals surface area contributed by atoms with Gasteiger partial charge in [0.05, 0.1) is 6.42 Å². The van der Waals surface area contributed by atoms with Crippen LogP contribution in [0.15, 0.2) is 54.6 Å². The van der Waals surface area contributed by atoms with Gasteiger partial charge in [-0.2, -0.15) is 0 Å². The highest BCUT2D eigenvalue weighted by Gasteiger charge is 2.36. The first-order valence-corrected chi connectivity index (χ1v) is 10.3. The van der Waals surface area contributed by atoms with Gasteiger partial charge in [0.15, 0.2) is 3.79 Å². The fourth-order valence-electron chi connectivity index (χ4n) is 2.50. The van der Waals surface area contributed by atoms with E-state index in [-0.39, 0.29) is 25.4 Å². The molecule has 0 saturated heterocycles. The number of rotatable bonds is 8. The van der Waals surface area contributed by atoms with Crippen molar-refractivity contribution >= 4 is 52.4 Å². The van der Waals surface area contributed by atoms with Crippen LogP contribution in [-0.2, 0) is 16.1 Å². The van der Waals surface area contributed by atoms with Crippen molar-refractivity contribution in [3.63, 3.8) is 0 Å². The number of carbonyl (C=O) groups excluding carboxylic acids is 1. The van der Waals surface area contributed by atoms with Crippen LogP contribution < -0.4 is 4.74 Å². The molecule has 7 heteroatoms. The van der Waals surface area contributed by atoms with Crippen LogP contribution >= 0.6 is 46.4 Å². The predicted octanol–water partition coefficient (Wildman–Crippen LogP) is 7.31. The van der Waals surface area contributed by atoms with E-state index in [1.54, 1.807) is 0 Å². The molecule has 0 fully saturated rings. The Hall–Kier alpha value is -1.13. The Balaban J connectivity index is 1.89. The fourth-order valence-corrected chi connectivity index (χ4v) is 3.51. The van der Waals surface area contributed by atoms with Crippen LogP contribution in [0.5, 0.6) is 11.5 Å². The zero-order valence-corrected chi connectivity index (χ0v) is 18.7. The quantitative estimate of drug-likeness (QED) is 0.304. The third kappa shape index (κ3) is 8.08. The lowest BCUT2D eigenvalue weighted by atomic mass is 9.84. The molecule has 0 aliphatic rings. The summed E-state index contributed by atoms with van der Waals surface area (Å²) in [6.45, 7) is 3.83. The molecule has 0 aliphatic carbocycles. The summed E-state index contributed by atoms with van der Waals surface area (Å²) in [5.41, 5.74) is 0.240. The van der Waals surface area contributed by atoms with Crippen LogP contribution in [0.1, 0.15) is 32.3 Å². The summed E-state index contributed by atoms with van der Waals surface area (Å²) < 4.78 is 9.72. The fraction of sp³-hybridized carbons (Fsp3) is 0.381. The van der Waals surface area contributed by atoms with Gasteiger partial charge < -0.3 is 9.47 Å². The average Bonchev–Trinajstić information content (AvgIpc) is 2.59. The molecule has 0 heterocycles. The number of hydrogen-bond donors (Lipinski definition) is 0. The topological polar surface area (TPSA) is 35.5 Å². The summed E-state index contributed by atoms with van der Waals surface area (Å²) in [6.07, 6.45) is 0.250. The Morgan fingerprint density at radius 1 is 1.00 bits per heavy atom. The number of esters is 1. The minimum atomic E-state index is -1.47. The van der Waals surface area contributed by atoms with Crippen LogP contribution in [-0.4, -0.2) is 15.1 Å². The second kappa shape index (κ2) is 10.1. The third-order valence-electron chi connectivity index (χ3n) is 4.14. The largest absolute Gasteiger partial charge is 0.461 e. The molecule has 28 heavy (non-hydrogen) atoms. The molecule has 152 valence electrons. The van der Waals surface area contributed by atoms with Crippen molar-refractivity contribution in [1.82, 2.24) is 0 Å². The highest BCUT2D eigenvalue weighted by atomic mass is 35.6. The van der Waals surface area contributed by atoms with E-state index in [0.29, 0.717) is 5.75 Å². The van der Waals surface area contributed by atoms with Gasteiger partial charge in [-0.25, -0.2) is 0 Å². The lowest BCUT2D eigenvalue weighted by Crippen LogP contribution is -2.31. The molecule has 0 amide bonds. The van der Waals surface area contributed by atoms with Crippen LogP contribution in [0, 0.1) is 5.41 Å². The Labute approximate surface area is 185 Å². The van der Waals surface area contributed by atoms with Crippen LogP contribution in [0.3, 0.4) is 0 Å². The number of ether oxygens (including phenoxy) is 2. The zero-order chi connectivity index (χ0) is 20.8. The van der Waals surface area contributed by atoms with Crippen molar-refractivity contribution < 1.29 is 14.3 Å². The number of carbonyl (C=O) groups is 1. The molecule has 0 radical (unpaired) electrons. The van der Waals surface area contributed by atoms with E-state index in [0.717, 1.165) is 11.3 Å². The van der Waals surface area contributed by atoms with Gasteiger partial charge in [0.1, 0.15) is 18.1 Å². The first kappa shape index (κ1) is 23.2. The monoisotopic (exact) mass is 462 g/mol. The predicted molar refractivity (Wildman–Crippen MR) is 116 cm³/mol. The highest BCUT2D eigenvalue weighted by molar-refractivity contribution is 6.67. The molecule has 2 aromatic carbocycles. The lowest BCUT2D eigenvalue weighted by Gasteiger charge is -2.31. The number of para-hydroxylation sites is 1. The molecule has 0 bridgehead atoms. The van der Waals surface area contributed by atoms with E-state index in [1.165, 1.54) is 0 Å². The molecule has 2 aromatic rings. The Kier molecular flexibility index (Phi) is 8.32. The van der Waals surface area contributed by atoms with Crippen molar-refractivity contribution in [1.29, 1.82) is 0 Å². The average molecular weight is 464 g/mol. The Morgan fingerprint density at radius 2 is 1.64 bits per heavy atom. The summed E-state index contributed by atoms with van der Waals surface area (Å²) in [5.74, 6) is 1.04. The molecular weight excluding hydrogens is 442 g/mol. The summed E-state index contributed by atoms with van der Waals surface area (Å²) in [7, 11) is 0. The summed E-state index contributed by atoms with van der Waals surface area (Å²) in [5, 5.41) is -0.491. The molecule has 0 spiro atoms. The van der Waals surface area contributed by atoms with Gasteiger partial charge in [0, 0.05) is 11.8 Å². The smallest absolute Gasteiger partial charge is 0.306 e. The van der Waals surface area contributed by atoms with Gasteiger partial charge in [-0.1, -0.05) is 79.0 Å². The molecule has 1 unspecified atom stereocenters. The van der Waals surface area contributed by atoms with Gasteiger partial charge >= 0.3 is 5.97 Å². The van der Waals surface area contributed by atoms with Crippen molar-refractivity contribution in [2.75, 3.05) is 0 Å².